The molecule has 1 atom stereocenters. The molecule has 70 valence electrons. The number of Topliss-reactive ketones (excluding diaryl/α,β-unsaturated/α-hetero) is 1. The monoisotopic (exact) mass is 195 g/mol. The molecule has 0 aliphatic rings. The Hall–Kier alpha value is -0.160. The van der Waals surface area contributed by atoms with Gasteiger partial charge in [-0.25, -0.2) is 0 Å². The molecule has 0 amide bonds. The van der Waals surface area contributed by atoms with E-state index in [-0.39, 0.29) is 41.9 Å². The molecule has 0 saturated carbocycles. The van der Waals surface area contributed by atoms with Crippen molar-refractivity contribution in [1.82, 2.24) is 5.32 Å². The number of hydrogen-bond donors (Lipinski definition) is 2. The van der Waals surface area contributed by atoms with Crippen LogP contribution in [0, 0.1) is 0 Å². The summed E-state index contributed by atoms with van der Waals surface area (Å²) in [5.41, 5.74) is 0.431. The van der Waals surface area contributed by atoms with Crippen molar-refractivity contribution in [1.29, 1.82) is 0 Å². The fraction of sp³-hybridized carbons (Fsp3) is 0.500. The SMILES string of the molecule is C=C(C)C(=O)CNC(C)C(=O)O.[NaH]. The van der Waals surface area contributed by atoms with E-state index in [1.54, 1.807) is 6.92 Å². The molecule has 2 N–H and O–H groups in total. The van der Waals surface area contributed by atoms with Crippen LogP contribution in [0.4, 0.5) is 0 Å². The molecule has 0 fully saturated rings. The molecule has 0 bridgehead atoms. The Bertz CT molecular complexity index is 215. The van der Waals surface area contributed by atoms with E-state index in [1.165, 1.54) is 6.92 Å². The standard InChI is InChI=1S/C8H13NO3.Na.H/c1-5(2)7(10)4-9-6(3)8(11)12;;/h6,9H,1,4H2,2-3H3,(H,11,12);;. The number of carboxylic acids is 1. The van der Waals surface area contributed by atoms with E-state index >= 15 is 0 Å². The van der Waals surface area contributed by atoms with Crippen molar-refractivity contribution in [3.8, 4) is 0 Å². The first kappa shape index (κ1) is 15.3. The summed E-state index contributed by atoms with van der Waals surface area (Å²) in [7, 11) is 0. The van der Waals surface area contributed by atoms with E-state index in [9.17, 15) is 9.59 Å². The van der Waals surface area contributed by atoms with Crippen molar-refractivity contribution >= 4 is 41.3 Å². The molecule has 0 heterocycles. The van der Waals surface area contributed by atoms with Gasteiger partial charge in [-0.1, -0.05) is 6.58 Å². The first-order valence-corrected chi connectivity index (χ1v) is 3.60. The van der Waals surface area contributed by atoms with E-state index in [1.807, 2.05) is 0 Å². The summed E-state index contributed by atoms with van der Waals surface area (Å²) >= 11 is 0. The normalized spacial score (nSPS) is 11.2. The van der Waals surface area contributed by atoms with Crippen LogP contribution in [-0.4, -0.2) is 59.0 Å². The summed E-state index contributed by atoms with van der Waals surface area (Å²) < 4.78 is 0. The van der Waals surface area contributed by atoms with Gasteiger partial charge in [0.25, 0.3) is 0 Å². The van der Waals surface area contributed by atoms with Crippen molar-refractivity contribution in [2.24, 2.45) is 0 Å². The Morgan fingerprint density at radius 2 is 2.00 bits per heavy atom. The predicted molar refractivity (Wildman–Crippen MR) is 52.1 cm³/mol. The Balaban J connectivity index is 0. The molecule has 0 aliphatic heterocycles. The number of aliphatic carboxylic acids is 1. The molecule has 1 unspecified atom stereocenters. The second-order valence-corrected chi connectivity index (χ2v) is 2.64. The fourth-order valence-electron chi connectivity index (χ4n) is 0.484. The van der Waals surface area contributed by atoms with Gasteiger partial charge >= 0.3 is 35.5 Å². The average molecular weight is 195 g/mol. The van der Waals surface area contributed by atoms with Crippen LogP contribution < -0.4 is 5.32 Å². The van der Waals surface area contributed by atoms with Gasteiger partial charge in [0.2, 0.25) is 0 Å². The Labute approximate surface area is 99.7 Å². The van der Waals surface area contributed by atoms with Gasteiger partial charge in [0, 0.05) is 0 Å². The number of carbonyl (C=O) groups excluding carboxylic acids is 1. The van der Waals surface area contributed by atoms with Gasteiger partial charge < -0.3 is 5.11 Å². The molecule has 0 aromatic heterocycles. The number of nitrogens with one attached hydrogen (secondary N) is 1. The molecule has 0 aromatic rings. The van der Waals surface area contributed by atoms with Crippen molar-refractivity contribution < 1.29 is 14.7 Å². The quantitative estimate of drug-likeness (QED) is 0.460. The third kappa shape index (κ3) is 6.95. The summed E-state index contributed by atoms with van der Waals surface area (Å²) in [6.45, 7) is 6.54. The van der Waals surface area contributed by atoms with Crippen molar-refractivity contribution in [2.75, 3.05) is 6.54 Å². The van der Waals surface area contributed by atoms with Gasteiger partial charge in [-0.05, 0) is 19.4 Å². The zero-order valence-electron chi connectivity index (χ0n) is 7.26. The number of hydrogen-bond acceptors (Lipinski definition) is 3. The number of rotatable bonds is 5. The van der Waals surface area contributed by atoms with Crippen LogP contribution in [0.2, 0.25) is 0 Å². The van der Waals surface area contributed by atoms with E-state index in [2.05, 4.69) is 11.9 Å². The molecule has 0 aromatic carbocycles. The minimum atomic E-state index is -0.968. The molecule has 5 heteroatoms. The molecule has 0 aliphatic carbocycles. The van der Waals surface area contributed by atoms with E-state index in [0.717, 1.165) is 0 Å². The fourth-order valence-corrected chi connectivity index (χ4v) is 0.484. The van der Waals surface area contributed by atoms with Crippen LogP contribution in [0.25, 0.3) is 0 Å². The maximum atomic E-state index is 10.9. The van der Waals surface area contributed by atoms with E-state index in [0.29, 0.717) is 5.57 Å². The Morgan fingerprint density at radius 3 is 2.31 bits per heavy atom. The number of ketones is 1. The first-order valence-electron chi connectivity index (χ1n) is 3.60. The summed E-state index contributed by atoms with van der Waals surface area (Å²) in [5, 5.41) is 11.0. The van der Waals surface area contributed by atoms with Crippen LogP contribution in [0.15, 0.2) is 12.2 Å². The molecular weight excluding hydrogens is 181 g/mol. The second-order valence-electron chi connectivity index (χ2n) is 2.64. The zero-order chi connectivity index (χ0) is 9.72. The number of carbonyl (C=O) groups is 2. The van der Waals surface area contributed by atoms with Gasteiger partial charge in [-0.2, -0.15) is 0 Å². The van der Waals surface area contributed by atoms with Crippen molar-refractivity contribution in [3.05, 3.63) is 12.2 Å². The topological polar surface area (TPSA) is 66.4 Å². The zero-order valence-corrected chi connectivity index (χ0v) is 7.26. The van der Waals surface area contributed by atoms with Gasteiger partial charge in [0.15, 0.2) is 5.78 Å². The van der Waals surface area contributed by atoms with Crippen LogP contribution in [0.5, 0.6) is 0 Å². The molecule has 0 saturated heterocycles. The molecule has 4 nitrogen and oxygen atoms in total. The summed E-state index contributed by atoms with van der Waals surface area (Å²) in [6, 6.07) is -0.701. The maximum absolute atomic E-state index is 10.9. The molecule has 0 rings (SSSR count). The van der Waals surface area contributed by atoms with Crippen LogP contribution in [0.1, 0.15) is 13.8 Å². The van der Waals surface area contributed by atoms with Gasteiger partial charge in [-0.15, -0.1) is 0 Å². The molecule has 0 spiro atoms. The minimum absolute atomic E-state index is 0. The Morgan fingerprint density at radius 1 is 1.54 bits per heavy atom. The van der Waals surface area contributed by atoms with Gasteiger partial charge in [-0.3, -0.25) is 14.9 Å². The molecule has 0 radical (unpaired) electrons. The van der Waals surface area contributed by atoms with Gasteiger partial charge in [0.05, 0.1) is 6.54 Å². The Kier molecular flexibility index (Phi) is 8.56. The average Bonchev–Trinajstić information content (AvgIpc) is 1.98. The van der Waals surface area contributed by atoms with Gasteiger partial charge in [0.1, 0.15) is 6.04 Å². The van der Waals surface area contributed by atoms with Crippen LogP contribution in [0.3, 0.4) is 0 Å². The van der Waals surface area contributed by atoms with Crippen molar-refractivity contribution in [3.63, 3.8) is 0 Å². The third-order valence-electron chi connectivity index (χ3n) is 1.42. The summed E-state index contributed by atoms with van der Waals surface area (Å²) in [5.74, 6) is -1.13. The first-order chi connectivity index (χ1) is 5.45. The molecular formula is C8H14NNaO3. The van der Waals surface area contributed by atoms with E-state index in [4.69, 9.17) is 5.11 Å². The predicted octanol–water partition coefficient (Wildman–Crippen LogP) is -0.454. The summed E-state index contributed by atoms with van der Waals surface area (Å²) in [6.07, 6.45) is 0. The summed E-state index contributed by atoms with van der Waals surface area (Å²) in [4.78, 5) is 21.2. The third-order valence-corrected chi connectivity index (χ3v) is 1.42. The molecule has 13 heavy (non-hydrogen) atoms. The van der Waals surface area contributed by atoms with Crippen LogP contribution in [-0.2, 0) is 9.59 Å². The number of carboxylic acid groups (broad SMARTS) is 1. The van der Waals surface area contributed by atoms with Crippen LogP contribution >= 0.6 is 0 Å². The second kappa shape index (κ2) is 7.26. The van der Waals surface area contributed by atoms with E-state index < -0.39 is 12.0 Å². The van der Waals surface area contributed by atoms with Crippen molar-refractivity contribution in [2.45, 2.75) is 19.9 Å².